The number of nitrogens with one attached hydrogen (secondary N) is 3. The Hall–Kier alpha value is -2.83. The topological polar surface area (TPSA) is 83.3 Å². The first-order chi connectivity index (χ1) is 12.9. The third kappa shape index (κ3) is 6.13. The van der Waals surface area contributed by atoms with E-state index in [0.29, 0.717) is 12.5 Å². The van der Waals surface area contributed by atoms with Gasteiger partial charge in [0.15, 0.2) is 5.96 Å². The van der Waals surface area contributed by atoms with E-state index >= 15 is 0 Å². The highest BCUT2D eigenvalue weighted by molar-refractivity contribution is 5.86. The van der Waals surface area contributed by atoms with Crippen LogP contribution in [0.25, 0.3) is 0 Å². The van der Waals surface area contributed by atoms with Gasteiger partial charge in [0.2, 0.25) is 5.91 Å². The number of hydrogen-bond acceptors (Lipinski definition) is 3. The van der Waals surface area contributed by atoms with Gasteiger partial charge in [-0.3, -0.25) is 14.5 Å². The van der Waals surface area contributed by atoms with E-state index in [-0.39, 0.29) is 18.5 Å². The zero-order valence-corrected chi connectivity index (χ0v) is 16.8. The van der Waals surface area contributed by atoms with Gasteiger partial charge in [-0.25, -0.2) is 0 Å². The van der Waals surface area contributed by atoms with E-state index in [1.165, 1.54) is 11.3 Å². The molecule has 0 spiro atoms. The third-order valence-electron chi connectivity index (χ3n) is 4.52. The number of hydrogen-bond donors (Lipinski definition) is 3. The summed E-state index contributed by atoms with van der Waals surface area (Å²) in [6, 6.07) is 10.00. The Balaban J connectivity index is 1.78. The number of amides is 1. The molecule has 1 unspecified atom stereocenters. The fourth-order valence-corrected chi connectivity index (χ4v) is 2.92. The van der Waals surface area contributed by atoms with Crippen LogP contribution in [-0.2, 0) is 24.8 Å². The monoisotopic (exact) mass is 370 g/mol. The molecule has 1 heterocycles. The SMILES string of the molecule is CN=C(NCC(=O)NCc1ccccc1)NC(C)Cc1c(C)nn(C)c1C. The number of aromatic nitrogens is 2. The molecule has 146 valence electrons. The molecule has 2 rings (SSSR count). The highest BCUT2D eigenvalue weighted by Crippen LogP contribution is 2.14. The molecule has 7 heteroatoms. The molecule has 0 aliphatic carbocycles. The maximum Gasteiger partial charge on any atom is 0.239 e. The van der Waals surface area contributed by atoms with E-state index in [1.807, 2.05) is 49.0 Å². The summed E-state index contributed by atoms with van der Waals surface area (Å²) in [7, 11) is 3.66. The summed E-state index contributed by atoms with van der Waals surface area (Å²) in [6.45, 7) is 6.88. The molecule has 1 aromatic carbocycles. The van der Waals surface area contributed by atoms with Gasteiger partial charge in [-0.2, -0.15) is 5.10 Å². The summed E-state index contributed by atoms with van der Waals surface area (Å²) in [5.41, 5.74) is 4.54. The molecule has 0 saturated heterocycles. The first-order valence-electron chi connectivity index (χ1n) is 9.17. The Bertz CT molecular complexity index is 781. The van der Waals surface area contributed by atoms with Gasteiger partial charge in [-0.1, -0.05) is 30.3 Å². The van der Waals surface area contributed by atoms with Crippen molar-refractivity contribution in [3.05, 3.63) is 52.8 Å². The Labute approximate surface area is 161 Å². The zero-order valence-electron chi connectivity index (χ0n) is 16.8. The average molecular weight is 371 g/mol. The van der Waals surface area contributed by atoms with Crippen molar-refractivity contribution >= 4 is 11.9 Å². The van der Waals surface area contributed by atoms with E-state index in [0.717, 1.165) is 17.7 Å². The van der Waals surface area contributed by atoms with Gasteiger partial charge >= 0.3 is 0 Å². The second kappa shape index (κ2) is 9.75. The summed E-state index contributed by atoms with van der Waals surface area (Å²) in [4.78, 5) is 16.2. The quantitative estimate of drug-likeness (QED) is 0.509. The molecule has 0 saturated carbocycles. The molecule has 7 nitrogen and oxygen atoms in total. The van der Waals surface area contributed by atoms with Crippen LogP contribution in [0, 0.1) is 13.8 Å². The van der Waals surface area contributed by atoms with Gasteiger partial charge in [-0.05, 0) is 38.3 Å². The number of benzene rings is 1. The maximum atomic E-state index is 12.0. The lowest BCUT2D eigenvalue weighted by Gasteiger charge is -2.18. The average Bonchev–Trinajstić information content (AvgIpc) is 2.90. The minimum Gasteiger partial charge on any atom is -0.354 e. The van der Waals surface area contributed by atoms with Gasteiger partial charge < -0.3 is 16.0 Å². The van der Waals surface area contributed by atoms with E-state index in [9.17, 15) is 4.79 Å². The lowest BCUT2D eigenvalue weighted by Crippen LogP contribution is -2.46. The Morgan fingerprint density at radius 2 is 1.93 bits per heavy atom. The van der Waals surface area contributed by atoms with Crippen LogP contribution < -0.4 is 16.0 Å². The molecular formula is C20H30N6O. The summed E-state index contributed by atoms with van der Waals surface area (Å²) >= 11 is 0. The Morgan fingerprint density at radius 1 is 1.22 bits per heavy atom. The predicted octanol–water partition coefficient (Wildman–Crippen LogP) is 1.45. The summed E-state index contributed by atoms with van der Waals surface area (Å²) in [5, 5.41) is 13.7. The van der Waals surface area contributed by atoms with Gasteiger partial charge in [0.05, 0.1) is 12.2 Å². The second-order valence-electron chi connectivity index (χ2n) is 6.71. The van der Waals surface area contributed by atoms with E-state index in [2.05, 4.69) is 39.9 Å². The van der Waals surface area contributed by atoms with Crippen molar-refractivity contribution in [1.29, 1.82) is 0 Å². The largest absolute Gasteiger partial charge is 0.354 e. The van der Waals surface area contributed by atoms with Crippen LogP contribution >= 0.6 is 0 Å². The van der Waals surface area contributed by atoms with Crippen molar-refractivity contribution < 1.29 is 4.79 Å². The molecule has 1 aromatic heterocycles. The molecule has 1 amide bonds. The first-order valence-corrected chi connectivity index (χ1v) is 9.17. The number of aliphatic imine (C=N–C) groups is 1. The predicted molar refractivity (Wildman–Crippen MR) is 109 cm³/mol. The minimum absolute atomic E-state index is 0.0756. The number of rotatable bonds is 7. The van der Waals surface area contributed by atoms with Crippen LogP contribution in [0.1, 0.15) is 29.4 Å². The summed E-state index contributed by atoms with van der Waals surface area (Å²) in [5.74, 6) is 0.532. The van der Waals surface area contributed by atoms with Crippen molar-refractivity contribution in [2.24, 2.45) is 12.0 Å². The molecular weight excluding hydrogens is 340 g/mol. The first kappa shape index (κ1) is 20.5. The molecule has 2 aromatic rings. The second-order valence-corrected chi connectivity index (χ2v) is 6.71. The number of guanidine groups is 1. The lowest BCUT2D eigenvalue weighted by molar-refractivity contribution is -0.120. The lowest BCUT2D eigenvalue weighted by atomic mass is 10.1. The van der Waals surface area contributed by atoms with Crippen LogP contribution in [0.15, 0.2) is 35.3 Å². The van der Waals surface area contributed by atoms with Crippen LogP contribution in [-0.4, -0.2) is 41.3 Å². The van der Waals surface area contributed by atoms with Crippen LogP contribution in [0.4, 0.5) is 0 Å². The maximum absolute atomic E-state index is 12.0. The van der Waals surface area contributed by atoms with Crippen molar-refractivity contribution in [2.75, 3.05) is 13.6 Å². The van der Waals surface area contributed by atoms with Gasteiger partial charge in [-0.15, -0.1) is 0 Å². The van der Waals surface area contributed by atoms with Gasteiger partial charge in [0.25, 0.3) is 0 Å². The highest BCUT2D eigenvalue weighted by atomic mass is 16.1. The number of carbonyl (C=O) groups excluding carboxylic acids is 1. The molecule has 0 fully saturated rings. The van der Waals surface area contributed by atoms with Crippen LogP contribution in [0.2, 0.25) is 0 Å². The van der Waals surface area contributed by atoms with Crippen molar-refractivity contribution in [1.82, 2.24) is 25.7 Å². The summed E-state index contributed by atoms with van der Waals surface area (Å²) in [6.07, 6.45) is 0.840. The van der Waals surface area contributed by atoms with E-state index in [4.69, 9.17) is 0 Å². The number of carbonyl (C=O) groups is 1. The van der Waals surface area contributed by atoms with Crippen molar-refractivity contribution in [2.45, 2.75) is 39.8 Å². The molecule has 0 bridgehead atoms. The minimum atomic E-state index is -0.0756. The van der Waals surface area contributed by atoms with Crippen LogP contribution in [0.3, 0.4) is 0 Å². The highest BCUT2D eigenvalue weighted by Gasteiger charge is 2.14. The normalized spacial score (nSPS) is 12.6. The Kier molecular flexibility index (Phi) is 7.40. The molecule has 3 N–H and O–H groups in total. The fraction of sp³-hybridized carbons (Fsp3) is 0.450. The van der Waals surface area contributed by atoms with Crippen LogP contribution in [0.5, 0.6) is 0 Å². The Morgan fingerprint density at radius 3 is 2.52 bits per heavy atom. The smallest absolute Gasteiger partial charge is 0.239 e. The molecule has 0 aliphatic rings. The standard InChI is InChI=1S/C20H30N6O/c1-14(11-18-15(2)25-26(5)16(18)3)24-20(21-4)23-13-19(27)22-12-17-9-7-6-8-10-17/h6-10,14H,11-13H2,1-5H3,(H,22,27)(H2,21,23,24). The van der Waals surface area contributed by atoms with E-state index in [1.54, 1.807) is 7.05 Å². The fourth-order valence-electron chi connectivity index (χ4n) is 2.92. The van der Waals surface area contributed by atoms with Crippen molar-refractivity contribution in [3.8, 4) is 0 Å². The van der Waals surface area contributed by atoms with Gasteiger partial charge in [0.1, 0.15) is 0 Å². The number of nitrogens with zero attached hydrogens (tertiary/aromatic N) is 3. The molecule has 1 atom stereocenters. The zero-order chi connectivity index (χ0) is 19.8. The van der Waals surface area contributed by atoms with E-state index < -0.39 is 0 Å². The number of aryl methyl sites for hydroxylation is 2. The molecule has 0 aliphatic heterocycles. The molecule has 0 radical (unpaired) electrons. The van der Waals surface area contributed by atoms with Gasteiger partial charge in [0, 0.05) is 32.4 Å². The molecule has 27 heavy (non-hydrogen) atoms. The summed E-state index contributed by atoms with van der Waals surface area (Å²) < 4.78 is 1.90. The third-order valence-corrected chi connectivity index (χ3v) is 4.52. The van der Waals surface area contributed by atoms with Crippen molar-refractivity contribution in [3.63, 3.8) is 0 Å².